The number of hydrogen-bond donors (Lipinski definition) is 3. The summed E-state index contributed by atoms with van der Waals surface area (Å²) in [6.45, 7) is 0.713. The molecule has 1 aromatic carbocycles. The lowest BCUT2D eigenvalue weighted by Gasteiger charge is -2.03. The largest absolute Gasteiger partial charge is 0.370 e. The van der Waals surface area contributed by atoms with E-state index >= 15 is 0 Å². The summed E-state index contributed by atoms with van der Waals surface area (Å²) < 4.78 is 0. The average molecular weight is 243 g/mol. The minimum Gasteiger partial charge on any atom is -0.370 e. The van der Waals surface area contributed by atoms with Gasteiger partial charge in [0.1, 0.15) is 0 Å². The molecule has 18 heavy (non-hydrogen) atoms. The number of benzene rings is 1. The summed E-state index contributed by atoms with van der Waals surface area (Å²) in [5, 5.41) is 11.3. The highest BCUT2D eigenvalue weighted by Crippen LogP contribution is 2.18. The molecule has 1 heterocycles. The maximum absolute atomic E-state index is 5.78. The predicted molar refractivity (Wildman–Crippen MR) is 72.4 cm³/mol. The van der Waals surface area contributed by atoms with Crippen molar-refractivity contribution in [3.63, 3.8) is 0 Å². The van der Waals surface area contributed by atoms with Gasteiger partial charge in [-0.25, -0.2) is 0 Å². The van der Waals surface area contributed by atoms with Crippen LogP contribution in [-0.4, -0.2) is 28.7 Å². The normalized spacial score (nSPS) is 16.1. The van der Waals surface area contributed by atoms with Gasteiger partial charge in [0.15, 0.2) is 5.96 Å². The van der Waals surface area contributed by atoms with Crippen LogP contribution in [0.25, 0.3) is 10.9 Å². The van der Waals surface area contributed by atoms with Gasteiger partial charge in [-0.1, -0.05) is 12.1 Å². The Balaban J connectivity index is 1.58. The summed E-state index contributed by atoms with van der Waals surface area (Å²) in [6.07, 6.45) is 5.15. The second-order valence-corrected chi connectivity index (χ2v) is 4.73. The van der Waals surface area contributed by atoms with Gasteiger partial charge >= 0.3 is 0 Å². The molecular formula is C13H17N5. The quantitative estimate of drug-likeness (QED) is 0.557. The van der Waals surface area contributed by atoms with Crippen LogP contribution in [0.2, 0.25) is 0 Å². The Hall–Kier alpha value is -2.04. The monoisotopic (exact) mass is 243 g/mol. The molecule has 0 saturated heterocycles. The first-order chi connectivity index (χ1) is 8.81. The van der Waals surface area contributed by atoms with E-state index in [0.29, 0.717) is 18.5 Å². The molecule has 3 rings (SSSR count). The first-order valence-electron chi connectivity index (χ1n) is 6.30. The highest BCUT2D eigenvalue weighted by molar-refractivity contribution is 5.79. The molecule has 1 saturated carbocycles. The minimum atomic E-state index is 0.565. The molecule has 1 aliphatic rings. The number of aliphatic imine (C=N–C) groups is 1. The van der Waals surface area contributed by atoms with Crippen LogP contribution in [-0.2, 0) is 6.42 Å². The van der Waals surface area contributed by atoms with Crippen molar-refractivity contribution in [1.29, 1.82) is 0 Å². The van der Waals surface area contributed by atoms with Gasteiger partial charge in [-0.2, -0.15) is 5.10 Å². The zero-order valence-corrected chi connectivity index (χ0v) is 10.2. The van der Waals surface area contributed by atoms with Crippen molar-refractivity contribution in [3.8, 4) is 0 Å². The standard InChI is InChI=1S/C13H17N5/c14-13(17-11-3-4-11)15-6-5-9-1-2-10-8-16-18-12(10)7-9/h1-2,7-8,11H,3-6H2,(H,16,18)(H3,14,15,17). The van der Waals surface area contributed by atoms with Crippen LogP contribution in [0, 0.1) is 0 Å². The maximum atomic E-state index is 5.78. The van der Waals surface area contributed by atoms with E-state index < -0.39 is 0 Å². The average Bonchev–Trinajstić information content (AvgIpc) is 3.05. The number of rotatable bonds is 4. The number of H-pyrrole nitrogens is 1. The first kappa shape index (κ1) is 11.1. The topological polar surface area (TPSA) is 79.1 Å². The number of nitrogens with zero attached hydrogens (tertiary/aromatic N) is 2. The number of aromatic nitrogens is 2. The highest BCUT2D eigenvalue weighted by atomic mass is 15.1. The molecule has 1 aliphatic carbocycles. The number of guanidine groups is 1. The fourth-order valence-electron chi connectivity index (χ4n) is 1.93. The molecule has 1 aromatic heterocycles. The van der Waals surface area contributed by atoms with E-state index in [4.69, 9.17) is 5.73 Å². The Bertz CT molecular complexity index is 568. The molecule has 0 bridgehead atoms. The third-order valence-electron chi connectivity index (χ3n) is 3.12. The fraction of sp³-hybridized carbons (Fsp3) is 0.385. The summed E-state index contributed by atoms with van der Waals surface area (Å²) in [5.74, 6) is 0.570. The molecule has 2 aromatic rings. The van der Waals surface area contributed by atoms with Gasteiger partial charge in [-0.3, -0.25) is 10.1 Å². The molecule has 0 amide bonds. The van der Waals surface area contributed by atoms with Gasteiger partial charge in [0.05, 0.1) is 11.7 Å². The van der Waals surface area contributed by atoms with E-state index in [0.717, 1.165) is 17.3 Å². The number of hydrogen-bond acceptors (Lipinski definition) is 2. The van der Waals surface area contributed by atoms with Crippen molar-refractivity contribution in [2.24, 2.45) is 10.7 Å². The second-order valence-electron chi connectivity index (χ2n) is 4.73. The molecule has 94 valence electrons. The van der Waals surface area contributed by atoms with Gasteiger partial charge in [-0.15, -0.1) is 0 Å². The van der Waals surface area contributed by atoms with Gasteiger partial charge in [0.2, 0.25) is 0 Å². The van der Waals surface area contributed by atoms with E-state index in [2.05, 4.69) is 38.7 Å². The van der Waals surface area contributed by atoms with E-state index in [1.54, 1.807) is 0 Å². The summed E-state index contributed by atoms with van der Waals surface area (Å²) >= 11 is 0. The second kappa shape index (κ2) is 4.68. The van der Waals surface area contributed by atoms with Crippen molar-refractivity contribution in [3.05, 3.63) is 30.0 Å². The molecule has 5 nitrogen and oxygen atoms in total. The Kier molecular flexibility index (Phi) is 2.88. The Labute approximate surface area is 105 Å². The van der Waals surface area contributed by atoms with Gasteiger partial charge < -0.3 is 11.1 Å². The Morgan fingerprint density at radius 2 is 2.39 bits per heavy atom. The van der Waals surface area contributed by atoms with E-state index in [1.165, 1.54) is 18.4 Å². The lowest BCUT2D eigenvalue weighted by molar-refractivity contribution is 0.870. The molecule has 0 atom stereocenters. The van der Waals surface area contributed by atoms with E-state index in [9.17, 15) is 0 Å². The van der Waals surface area contributed by atoms with Crippen LogP contribution < -0.4 is 11.1 Å². The summed E-state index contributed by atoms with van der Waals surface area (Å²) in [7, 11) is 0. The van der Waals surface area contributed by atoms with Crippen molar-refractivity contribution < 1.29 is 0 Å². The number of fused-ring (bicyclic) bond motifs is 1. The molecule has 0 aliphatic heterocycles. The SMILES string of the molecule is NC(=NCCc1ccc2cn[nH]c2c1)NC1CC1. The van der Waals surface area contributed by atoms with E-state index in [-0.39, 0.29) is 0 Å². The highest BCUT2D eigenvalue weighted by Gasteiger charge is 2.21. The number of nitrogens with two attached hydrogens (primary N) is 1. The van der Waals surface area contributed by atoms with Crippen molar-refractivity contribution in [2.45, 2.75) is 25.3 Å². The van der Waals surface area contributed by atoms with Gasteiger partial charge in [-0.05, 0) is 30.9 Å². The molecule has 0 unspecified atom stereocenters. The smallest absolute Gasteiger partial charge is 0.188 e. The molecule has 5 heteroatoms. The van der Waals surface area contributed by atoms with Crippen molar-refractivity contribution >= 4 is 16.9 Å². The Morgan fingerprint density at radius 1 is 1.50 bits per heavy atom. The molecular weight excluding hydrogens is 226 g/mol. The molecule has 0 spiro atoms. The maximum Gasteiger partial charge on any atom is 0.188 e. The summed E-state index contributed by atoms with van der Waals surface area (Å²) in [6, 6.07) is 6.86. The van der Waals surface area contributed by atoms with Crippen LogP contribution in [0.15, 0.2) is 29.4 Å². The Morgan fingerprint density at radius 3 is 3.22 bits per heavy atom. The van der Waals surface area contributed by atoms with Crippen LogP contribution >= 0.6 is 0 Å². The first-order valence-corrected chi connectivity index (χ1v) is 6.30. The predicted octanol–water partition coefficient (Wildman–Crippen LogP) is 1.17. The lowest BCUT2D eigenvalue weighted by atomic mass is 10.1. The molecule has 1 fully saturated rings. The summed E-state index contributed by atoms with van der Waals surface area (Å²) in [4.78, 5) is 4.32. The van der Waals surface area contributed by atoms with Crippen LogP contribution in [0.1, 0.15) is 18.4 Å². The van der Waals surface area contributed by atoms with Crippen molar-refractivity contribution in [2.75, 3.05) is 6.54 Å². The number of nitrogens with one attached hydrogen (secondary N) is 2. The van der Waals surface area contributed by atoms with Crippen molar-refractivity contribution in [1.82, 2.24) is 15.5 Å². The lowest BCUT2D eigenvalue weighted by Crippen LogP contribution is -2.33. The minimum absolute atomic E-state index is 0.565. The molecule has 4 N–H and O–H groups in total. The van der Waals surface area contributed by atoms with E-state index in [1.807, 2.05) is 6.20 Å². The van der Waals surface area contributed by atoms with Crippen LogP contribution in [0.4, 0.5) is 0 Å². The van der Waals surface area contributed by atoms with Gasteiger partial charge in [0.25, 0.3) is 0 Å². The summed E-state index contributed by atoms with van der Waals surface area (Å²) in [5.41, 5.74) is 8.09. The molecule has 0 radical (unpaired) electrons. The zero-order valence-electron chi connectivity index (χ0n) is 10.2. The zero-order chi connectivity index (χ0) is 12.4. The van der Waals surface area contributed by atoms with Crippen LogP contribution in [0.3, 0.4) is 0 Å². The third-order valence-corrected chi connectivity index (χ3v) is 3.12. The van der Waals surface area contributed by atoms with Crippen LogP contribution in [0.5, 0.6) is 0 Å². The number of aromatic amines is 1. The van der Waals surface area contributed by atoms with Gasteiger partial charge in [0, 0.05) is 18.0 Å². The fourth-order valence-corrected chi connectivity index (χ4v) is 1.93. The third kappa shape index (κ3) is 2.61.